The number of hydrogen-bond donors (Lipinski definition) is 2. The van der Waals surface area contributed by atoms with Gasteiger partial charge < -0.3 is 11.1 Å². The Labute approximate surface area is 110 Å². The molecule has 106 valence electrons. The van der Waals surface area contributed by atoms with Crippen molar-refractivity contribution in [3.63, 3.8) is 0 Å². The molecule has 1 amide bonds. The fraction of sp³-hybridized carbons (Fsp3) is 0.462. The van der Waals surface area contributed by atoms with Crippen LogP contribution in [0, 0.1) is 6.92 Å². The monoisotopic (exact) mass is 274 g/mol. The maximum Gasteiger partial charge on any atom is 0.416 e. The molecule has 0 unspecified atom stereocenters. The van der Waals surface area contributed by atoms with Crippen LogP contribution in [0.1, 0.15) is 30.9 Å². The molecule has 0 aliphatic heterocycles. The Kier molecular flexibility index (Phi) is 4.94. The van der Waals surface area contributed by atoms with Crippen LogP contribution in [-0.4, -0.2) is 11.9 Å². The molecule has 0 radical (unpaired) electrons. The predicted molar refractivity (Wildman–Crippen MR) is 67.7 cm³/mol. The molecule has 1 rings (SSSR count). The summed E-state index contributed by atoms with van der Waals surface area (Å²) < 4.78 is 38.1. The zero-order chi connectivity index (χ0) is 14.6. The number of carbonyl (C=O) groups is 1. The van der Waals surface area contributed by atoms with Crippen molar-refractivity contribution in [2.45, 2.75) is 38.9 Å². The molecule has 1 aromatic rings. The van der Waals surface area contributed by atoms with Crippen LogP contribution in [0.15, 0.2) is 18.2 Å². The summed E-state index contributed by atoms with van der Waals surface area (Å²) in [5.74, 6) is -0.473. The largest absolute Gasteiger partial charge is 0.416 e. The number of halogens is 3. The van der Waals surface area contributed by atoms with Crippen LogP contribution in [0.5, 0.6) is 0 Å². The molecule has 0 saturated carbocycles. The minimum absolute atomic E-state index is 0.106. The van der Waals surface area contributed by atoms with E-state index >= 15 is 0 Å². The third-order valence-corrected chi connectivity index (χ3v) is 2.75. The van der Waals surface area contributed by atoms with Crippen molar-refractivity contribution in [1.82, 2.24) is 0 Å². The lowest BCUT2D eigenvalue weighted by atomic mass is 10.1. The molecule has 0 aromatic heterocycles. The van der Waals surface area contributed by atoms with Gasteiger partial charge in [-0.2, -0.15) is 13.2 Å². The number of aryl methyl sites for hydroxylation is 1. The highest BCUT2D eigenvalue weighted by atomic mass is 19.4. The molecule has 0 spiro atoms. The molecule has 0 saturated heterocycles. The predicted octanol–water partition coefficient (Wildman–Crippen LogP) is 3.08. The molecular formula is C13H17F3N2O. The fourth-order valence-electron chi connectivity index (χ4n) is 1.68. The third-order valence-electron chi connectivity index (χ3n) is 2.75. The van der Waals surface area contributed by atoms with Gasteiger partial charge in [0.1, 0.15) is 0 Å². The lowest BCUT2D eigenvalue weighted by Crippen LogP contribution is -2.35. The lowest BCUT2D eigenvalue weighted by molar-refractivity contribution is -0.138. The minimum Gasteiger partial charge on any atom is -0.325 e. The van der Waals surface area contributed by atoms with Gasteiger partial charge in [-0.1, -0.05) is 19.4 Å². The first-order valence-electron chi connectivity index (χ1n) is 6.00. The van der Waals surface area contributed by atoms with E-state index < -0.39 is 23.7 Å². The van der Waals surface area contributed by atoms with Gasteiger partial charge in [-0.05, 0) is 31.0 Å². The maximum absolute atomic E-state index is 12.7. The molecule has 0 bridgehead atoms. The van der Waals surface area contributed by atoms with Gasteiger partial charge in [-0.15, -0.1) is 0 Å². The van der Waals surface area contributed by atoms with Gasteiger partial charge >= 0.3 is 6.18 Å². The number of rotatable bonds is 4. The van der Waals surface area contributed by atoms with Crippen molar-refractivity contribution < 1.29 is 18.0 Å². The lowest BCUT2D eigenvalue weighted by Gasteiger charge is -2.14. The molecule has 19 heavy (non-hydrogen) atoms. The molecule has 1 aromatic carbocycles. The van der Waals surface area contributed by atoms with Crippen molar-refractivity contribution in [3.8, 4) is 0 Å². The summed E-state index contributed by atoms with van der Waals surface area (Å²) in [5.41, 5.74) is 5.06. The number of nitrogens with two attached hydrogens (primary N) is 1. The quantitative estimate of drug-likeness (QED) is 0.886. The second-order valence-electron chi connectivity index (χ2n) is 4.41. The molecule has 0 heterocycles. The summed E-state index contributed by atoms with van der Waals surface area (Å²) in [5, 5.41) is 2.40. The number of anilines is 1. The van der Waals surface area contributed by atoms with Crippen LogP contribution >= 0.6 is 0 Å². The van der Waals surface area contributed by atoms with E-state index in [0.29, 0.717) is 6.42 Å². The van der Waals surface area contributed by atoms with Gasteiger partial charge in [0.05, 0.1) is 11.6 Å². The molecule has 3 N–H and O–H groups in total. The maximum atomic E-state index is 12.7. The Balaban J connectivity index is 2.89. The molecule has 0 aliphatic carbocycles. The normalized spacial score (nSPS) is 13.2. The van der Waals surface area contributed by atoms with Crippen molar-refractivity contribution in [1.29, 1.82) is 0 Å². The Hall–Kier alpha value is -1.56. The Morgan fingerprint density at radius 1 is 1.42 bits per heavy atom. The molecule has 1 atom stereocenters. The Bertz CT molecular complexity index is 458. The van der Waals surface area contributed by atoms with Gasteiger partial charge in [0.2, 0.25) is 5.91 Å². The fourth-order valence-corrected chi connectivity index (χ4v) is 1.68. The van der Waals surface area contributed by atoms with Gasteiger partial charge in [0, 0.05) is 5.69 Å². The second kappa shape index (κ2) is 6.06. The number of carbonyl (C=O) groups excluding carboxylic acids is 1. The van der Waals surface area contributed by atoms with E-state index in [9.17, 15) is 18.0 Å². The third kappa shape index (κ3) is 4.24. The highest BCUT2D eigenvalue weighted by Gasteiger charge is 2.32. The van der Waals surface area contributed by atoms with Gasteiger partial charge in [-0.3, -0.25) is 4.79 Å². The first kappa shape index (κ1) is 15.5. The summed E-state index contributed by atoms with van der Waals surface area (Å²) in [6, 6.07) is 2.97. The molecule has 6 heteroatoms. The average molecular weight is 274 g/mol. The van der Waals surface area contributed by atoms with Crippen LogP contribution in [0.4, 0.5) is 18.9 Å². The molecule has 3 nitrogen and oxygen atoms in total. The number of hydrogen-bond acceptors (Lipinski definition) is 2. The minimum atomic E-state index is -4.43. The van der Waals surface area contributed by atoms with Crippen LogP contribution in [0.2, 0.25) is 0 Å². The Morgan fingerprint density at radius 2 is 2.05 bits per heavy atom. The van der Waals surface area contributed by atoms with Crippen molar-refractivity contribution in [3.05, 3.63) is 29.3 Å². The SMILES string of the molecule is CCC[C@@H](N)C(=O)Nc1ccc(C)c(C(F)(F)F)c1. The van der Waals surface area contributed by atoms with E-state index in [4.69, 9.17) is 5.73 Å². The molecule has 0 fully saturated rings. The summed E-state index contributed by atoms with van der Waals surface area (Å²) in [4.78, 5) is 11.6. The van der Waals surface area contributed by atoms with Crippen molar-refractivity contribution >= 4 is 11.6 Å². The van der Waals surface area contributed by atoms with Gasteiger partial charge in [0.25, 0.3) is 0 Å². The number of benzene rings is 1. The zero-order valence-electron chi connectivity index (χ0n) is 10.8. The number of alkyl halides is 3. The van der Waals surface area contributed by atoms with Gasteiger partial charge in [0.15, 0.2) is 0 Å². The summed E-state index contributed by atoms with van der Waals surface area (Å²) in [7, 11) is 0. The first-order valence-corrected chi connectivity index (χ1v) is 6.00. The van der Waals surface area contributed by atoms with E-state index in [0.717, 1.165) is 12.5 Å². The topological polar surface area (TPSA) is 55.1 Å². The molecule has 0 aliphatic rings. The van der Waals surface area contributed by atoms with Crippen LogP contribution in [0.25, 0.3) is 0 Å². The standard InChI is InChI=1S/C13H17F3N2O/c1-3-4-11(17)12(19)18-9-6-5-8(2)10(7-9)13(14,15)16/h5-7,11H,3-4,17H2,1-2H3,(H,18,19)/t11-/m1/s1. The highest BCUT2D eigenvalue weighted by Crippen LogP contribution is 2.33. The Morgan fingerprint density at radius 3 is 2.58 bits per heavy atom. The van der Waals surface area contributed by atoms with E-state index in [2.05, 4.69) is 5.32 Å². The van der Waals surface area contributed by atoms with E-state index in [1.165, 1.54) is 19.1 Å². The second-order valence-corrected chi connectivity index (χ2v) is 4.41. The summed E-state index contributed by atoms with van der Waals surface area (Å²) in [6.07, 6.45) is -3.21. The van der Waals surface area contributed by atoms with Crippen LogP contribution in [-0.2, 0) is 11.0 Å². The van der Waals surface area contributed by atoms with E-state index in [1.54, 1.807) is 0 Å². The van der Waals surface area contributed by atoms with Crippen LogP contribution in [0.3, 0.4) is 0 Å². The van der Waals surface area contributed by atoms with Crippen molar-refractivity contribution in [2.24, 2.45) is 5.73 Å². The summed E-state index contributed by atoms with van der Waals surface area (Å²) >= 11 is 0. The van der Waals surface area contributed by atoms with Crippen LogP contribution < -0.4 is 11.1 Å². The average Bonchev–Trinajstić information content (AvgIpc) is 2.30. The smallest absolute Gasteiger partial charge is 0.325 e. The first-order chi connectivity index (χ1) is 8.75. The van der Waals surface area contributed by atoms with Gasteiger partial charge in [-0.25, -0.2) is 0 Å². The number of amides is 1. The highest BCUT2D eigenvalue weighted by molar-refractivity contribution is 5.94. The van der Waals surface area contributed by atoms with E-state index in [-0.39, 0.29) is 11.3 Å². The van der Waals surface area contributed by atoms with E-state index in [1.807, 2.05) is 6.92 Å². The van der Waals surface area contributed by atoms with Crippen molar-refractivity contribution in [2.75, 3.05) is 5.32 Å². The summed E-state index contributed by atoms with van der Waals surface area (Å²) in [6.45, 7) is 3.25. The zero-order valence-corrected chi connectivity index (χ0v) is 10.8. The number of nitrogens with one attached hydrogen (secondary N) is 1. The molecular weight excluding hydrogens is 257 g/mol.